The molecule has 0 saturated carbocycles. The number of alkyl halides is 1. The fraction of sp³-hybridized carbons (Fsp3) is 0.667. The molecular formula is C6H10FN3O2. The van der Waals surface area contributed by atoms with E-state index < -0.39 is 12.7 Å². The lowest BCUT2D eigenvalue weighted by Gasteiger charge is -2.16. The minimum Gasteiger partial charge on any atom is -0.435 e. The summed E-state index contributed by atoms with van der Waals surface area (Å²) in [5.41, 5.74) is 0. The summed E-state index contributed by atoms with van der Waals surface area (Å²) in [5, 5.41) is 2.53. The van der Waals surface area contributed by atoms with Gasteiger partial charge in [0.05, 0.1) is 6.34 Å². The van der Waals surface area contributed by atoms with E-state index in [-0.39, 0.29) is 6.02 Å². The Morgan fingerprint density at radius 2 is 2.50 bits per heavy atom. The molecule has 0 spiro atoms. The van der Waals surface area contributed by atoms with E-state index in [4.69, 9.17) is 9.47 Å². The van der Waals surface area contributed by atoms with E-state index in [1.165, 1.54) is 13.4 Å². The monoisotopic (exact) mass is 175 g/mol. The van der Waals surface area contributed by atoms with Crippen LogP contribution in [0.2, 0.25) is 0 Å². The highest BCUT2D eigenvalue weighted by molar-refractivity contribution is 5.87. The number of ether oxygens (including phenoxy) is 2. The third kappa shape index (κ3) is 2.46. The number of nitrogens with zero attached hydrogens (tertiary/aromatic N) is 2. The van der Waals surface area contributed by atoms with Crippen molar-refractivity contribution in [3.63, 3.8) is 0 Å². The Bertz CT molecular complexity index is 207. The van der Waals surface area contributed by atoms with Gasteiger partial charge in [0.25, 0.3) is 12.4 Å². The summed E-state index contributed by atoms with van der Waals surface area (Å²) >= 11 is 0. The highest BCUT2D eigenvalue weighted by Crippen LogP contribution is 2.00. The highest BCUT2D eigenvalue weighted by Gasteiger charge is 2.11. The molecule has 2 atom stereocenters. The van der Waals surface area contributed by atoms with E-state index in [1.54, 1.807) is 6.92 Å². The first-order valence-corrected chi connectivity index (χ1v) is 3.42. The lowest BCUT2D eigenvalue weighted by Crippen LogP contribution is -2.32. The van der Waals surface area contributed by atoms with Gasteiger partial charge in [-0.1, -0.05) is 0 Å². The van der Waals surface area contributed by atoms with Crippen LogP contribution in [0.15, 0.2) is 9.98 Å². The van der Waals surface area contributed by atoms with Gasteiger partial charge in [-0.3, -0.25) is 0 Å². The SMILES string of the molecule is COC(C)OC1=NC(F)N=CN1. The zero-order chi connectivity index (χ0) is 8.97. The molecule has 12 heavy (non-hydrogen) atoms. The van der Waals surface area contributed by atoms with E-state index in [9.17, 15) is 4.39 Å². The molecule has 0 aromatic heterocycles. The Morgan fingerprint density at radius 3 is 3.08 bits per heavy atom. The first-order chi connectivity index (χ1) is 5.72. The van der Waals surface area contributed by atoms with Crippen molar-refractivity contribution >= 4 is 12.4 Å². The van der Waals surface area contributed by atoms with Crippen molar-refractivity contribution < 1.29 is 13.9 Å². The van der Waals surface area contributed by atoms with Crippen LogP contribution >= 0.6 is 0 Å². The maximum absolute atomic E-state index is 12.4. The van der Waals surface area contributed by atoms with Gasteiger partial charge in [-0.05, 0) is 6.92 Å². The topological polar surface area (TPSA) is 55.2 Å². The van der Waals surface area contributed by atoms with Gasteiger partial charge >= 0.3 is 0 Å². The molecule has 0 amide bonds. The Hall–Kier alpha value is -1.17. The first kappa shape index (κ1) is 8.92. The maximum Gasteiger partial charge on any atom is 0.296 e. The van der Waals surface area contributed by atoms with Crippen LogP contribution in [0.3, 0.4) is 0 Å². The van der Waals surface area contributed by atoms with Crippen molar-refractivity contribution in [2.75, 3.05) is 7.11 Å². The van der Waals surface area contributed by atoms with Crippen LogP contribution in [0.5, 0.6) is 0 Å². The number of methoxy groups -OCH3 is 1. The van der Waals surface area contributed by atoms with E-state index in [0.29, 0.717) is 0 Å². The molecule has 5 nitrogen and oxygen atoms in total. The minimum atomic E-state index is -1.58. The molecule has 0 aliphatic carbocycles. The fourth-order valence-electron chi connectivity index (χ4n) is 0.591. The van der Waals surface area contributed by atoms with Gasteiger partial charge in [0, 0.05) is 7.11 Å². The fourth-order valence-corrected chi connectivity index (χ4v) is 0.591. The lowest BCUT2D eigenvalue weighted by atomic mass is 10.7. The number of rotatable bonds is 2. The van der Waals surface area contributed by atoms with Crippen LogP contribution in [-0.4, -0.2) is 32.2 Å². The number of nitrogens with one attached hydrogen (secondary N) is 1. The molecule has 0 aromatic rings. The summed E-state index contributed by atoms with van der Waals surface area (Å²) in [5.74, 6) is 0. The summed E-state index contributed by atoms with van der Waals surface area (Å²) in [4.78, 5) is 6.71. The summed E-state index contributed by atoms with van der Waals surface area (Å²) in [7, 11) is 1.48. The summed E-state index contributed by atoms with van der Waals surface area (Å²) in [6.07, 6.45) is -0.852. The molecule has 2 unspecified atom stereocenters. The standard InChI is InChI=1S/C6H10FN3O2/c1-4(11-2)12-6-9-3-8-5(7)10-6/h3-5H,1-2H3,(H,8,9,10). The van der Waals surface area contributed by atoms with Crippen LogP contribution in [0.1, 0.15) is 6.92 Å². The molecule has 68 valence electrons. The molecule has 1 rings (SSSR count). The Kier molecular flexibility index (Phi) is 2.98. The second-order valence-corrected chi connectivity index (χ2v) is 2.09. The molecule has 6 heteroatoms. The van der Waals surface area contributed by atoms with Gasteiger partial charge in [0.1, 0.15) is 0 Å². The normalized spacial score (nSPS) is 24.2. The largest absolute Gasteiger partial charge is 0.435 e. The quantitative estimate of drug-likeness (QED) is 0.483. The zero-order valence-electron chi connectivity index (χ0n) is 6.82. The average molecular weight is 175 g/mol. The molecule has 0 aromatic carbocycles. The molecule has 0 saturated heterocycles. The van der Waals surface area contributed by atoms with Crippen molar-refractivity contribution in [1.29, 1.82) is 0 Å². The molecule has 1 aliphatic rings. The van der Waals surface area contributed by atoms with Crippen molar-refractivity contribution in [1.82, 2.24) is 5.32 Å². The van der Waals surface area contributed by atoms with E-state index in [2.05, 4.69) is 15.3 Å². The van der Waals surface area contributed by atoms with E-state index >= 15 is 0 Å². The zero-order valence-corrected chi connectivity index (χ0v) is 6.82. The third-order valence-electron chi connectivity index (χ3n) is 1.22. The maximum atomic E-state index is 12.4. The van der Waals surface area contributed by atoms with Crippen molar-refractivity contribution in [3.05, 3.63) is 0 Å². The van der Waals surface area contributed by atoms with Gasteiger partial charge in [-0.15, -0.1) is 0 Å². The lowest BCUT2D eigenvalue weighted by molar-refractivity contribution is -0.0502. The molecular weight excluding hydrogens is 165 g/mol. The highest BCUT2D eigenvalue weighted by atomic mass is 19.1. The average Bonchev–Trinajstić information content (AvgIpc) is 2.04. The molecule has 1 aliphatic heterocycles. The molecule has 1 heterocycles. The number of amidine groups is 1. The predicted molar refractivity (Wildman–Crippen MR) is 41.5 cm³/mol. The van der Waals surface area contributed by atoms with Crippen LogP contribution in [-0.2, 0) is 9.47 Å². The van der Waals surface area contributed by atoms with Crippen molar-refractivity contribution in [2.24, 2.45) is 9.98 Å². The summed E-state index contributed by atoms with van der Waals surface area (Å²) in [6, 6.07) is 0.0758. The van der Waals surface area contributed by atoms with E-state index in [0.717, 1.165) is 0 Å². The molecule has 0 bridgehead atoms. The summed E-state index contributed by atoms with van der Waals surface area (Å²) < 4.78 is 22.2. The van der Waals surface area contributed by atoms with Gasteiger partial charge in [-0.25, -0.2) is 4.99 Å². The van der Waals surface area contributed by atoms with Gasteiger partial charge in [0.2, 0.25) is 0 Å². The minimum absolute atomic E-state index is 0.0758. The Labute approximate surface area is 69.3 Å². The van der Waals surface area contributed by atoms with Gasteiger partial charge in [-0.2, -0.15) is 9.38 Å². The Morgan fingerprint density at radius 1 is 1.75 bits per heavy atom. The Balaban J connectivity index is 2.42. The number of aliphatic imine (C=N–C) groups is 2. The number of halogens is 1. The van der Waals surface area contributed by atoms with Crippen molar-refractivity contribution in [3.8, 4) is 0 Å². The predicted octanol–water partition coefficient (Wildman–Crippen LogP) is 0.236. The number of hydrogen-bond acceptors (Lipinski definition) is 5. The first-order valence-electron chi connectivity index (χ1n) is 3.42. The van der Waals surface area contributed by atoms with E-state index in [1.807, 2.05) is 0 Å². The molecule has 1 N–H and O–H groups in total. The van der Waals surface area contributed by atoms with Crippen LogP contribution < -0.4 is 5.32 Å². The summed E-state index contributed by atoms with van der Waals surface area (Å²) in [6.45, 7) is 1.67. The van der Waals surface area contributed by atoms with Crippen molar-refractivity contribution in [2.45, 2.75) is 19.6 Å². The third-order valence-corrected chi connectivity index (χ3v) is 1.22. The molecule has 0 fully saturated rings. The van der Waals surface area contributed by atoms with Crippen LogP contribution in [0.4, 0.5) is 4.39 Å². The van der Waals surface area contributed by atoms with Gasteiger partial charge < -0.3 is 14.8 Å². The van der Waals surface area contributed by atoms with Crippen LogP contribution in [0, 0.1) is 0 Å². The number of hydrogen-bond donors (Lipinski definition) is 1. The molecule has 0 radical (unpaired) electrons. The second-order valence-electron chi connectivity index (χ2n) is 2.09. The van der Waals surface area contributed by atoms with Gasteiger partial charge in [0.15, 0.2) is 6.29 Å². The van der Waals surface area contributed by atoms with Crippen LogP contribution in [0.25, 0.3) is 0 Å². The smallest absolute Gasteiger partial charge is 0.296 e. The second kappa shape index (κ2) is 4.01.